The number of ketones is 1. The van der Waals surface area contributed by atoms with Gasteiger partial charge < -0.3 is 4.42 Å². The molecule has 3 heteroatoms. The molecule has 4 aromatic rings. The van der Waals surface area contributed by atoms with E-state index in [0.717, 1.165) is 11.1 Å². The van der Waals surface area contributed by atoms with Crippen LogP contribution >= 0.6 is 0 Å². The molecule has 3 aromatic carbocycles. The molecule has 26 heavy (non-hydrogen) atoms. The summed E-state index contributed by atoms with van der Waals surface area (Å²) in [5.41, 5.74) is 4.54. The normalized spacial score (nSPS) is 11.7. The minimum atomic E-state index is -0.113. The molecule has 0 saturated carbocycles. The molecule has 0 bridgehead atoms. The maximum absolute atomic E-state index is 13.1. The van der Waals surface area contributed by atoms with Gasteiger partial charge >= 0.3 is 0 Å². The average Bonchev–Trinajstić information content (AvgIpc) is 3.11. The van der Waals surface area contributed by atoms with Gasteiger partial charge in [0, 0.05) is 5.56 Å². The Morgan fingerprint density at radius 3 is 2.31 bits per heavy atom. The first-order valence-electron chi connectivity index (χ1n) is 8.45. The topological polar surface area (TPSA) is 43.1 Å². The third-order valence-electron chi connectivity index (χ3n) is 4.19. The van der Waals surface area contributed by atoms with Crippen molar-refractivity contribution in [3.63, 3.8) is 0 Å². The second-order valence-electron chi connectivity index (χ2n) is 6.15. The van der Waals surface area contributed by atoms with Crippen molar-refractivity contribution in [1.82, 2.24) is 4.98 Å². The van der Waals surface area contributed by atoms with E-state index in [2.05, 4.69) is 4.98 Å². The molecule has 1 heterocycles. The van der Waals surface area contributed by atoms with Crippen molar-refractivity contribution in [2.24, 2.45) is 0 Å². The fourth-order valence-corrected chi connectivity index (χ4v) is 2.79. The van der Waals surface area contributed by atoms with Gasteiger partial charge in [-0.05, 0) is 30.7 Å². The van der Waals surface area contributed by atoms with Gasteiger partial charge in [-0.15, -0.1) is 0 Å². The Bertz CT molecular complexity index is 1060. The number of fused-ring (bicyclic) bond motifs is 1. The third-order valence-corrected chi connectivity index (χ3v) is 4.19. The molecule has 0 radical (unpaired) electrons. The number of benzene rings is 3. The summed E-state index contributed by atoms with van der Waals surface area (Å²) in [4.78, 5) is 17.6. The highest BCUT2D eigenvalue weighted by molar-refractivity contribution is 6.31. The van der Waals surface area contributed by atoms with E-state index in [4.69, 9.17) is 4.42 Å². The third kappa shape index (κ3) is 3.20. The molecule has 3 nitrogen and oxygen atoms in total. The van der Waals surface area contributed by atoms with Crippen molar-refractivity contribution in [3.05, 3.63) is 101 Å². The second kappa shape index (κ2) is 6.81. The summed E-state index contributed by atoms with van der Waals surface area (Å²) < 4.78 is 5.87. The first-order valence-corrected chi connectivity index (χ1v) is 8.45. The van der Waals surface area contributed by atoms with Crippen LogP contribution in [0.2, 0.25) is 0 Å². The Kier molecular flexibility index (Phi) is 4.20. The van der Waals surface area contributed by atoms with Crippen LogP contribution in [0.4, 0.5) is 0 Å². The minimum Gasteiger partial charge on any atom is -0.436 e. The van der Waals surface area contributed by atoms with Crippen molar-refractivity contribution < 1.29 is 9.21 Å². The molecule has 0 aliphatic carbocycles. The van der Waals surface area contributed by atoms with E-state index < -0.39 is 0 Å². The van der Waals surface area contributed by atoms with Crippen molar-refractivity contribution in [2.75, 3.05) is 0 Å². The van der Waals surface area contributed by atoms with Gasteiger partial charge in [0.25, 0.3) is 0 Å². The molecule has 4 rings (SSSR count). The van der Waals surface area contributed by atoms with Crippen LogP contribution in [0.3, 0.4) is 0 Å². The summed E-state index contributed by atoms with van der Waals surface area (Å²) in [6, 6.07) is 24.7. The zero-order valence-corrected chi connectivity index (χ0v) is 14.3. The lowest BCUT2D eigenvalue weighted by Crippen LogP contribution is -2.03. The molecular weight excluding hydrogens is 322 g/mol. The number of para-hydroxylation sites is 2. The number of nitrogens with zero attached hydrogens (tertiary/aromatic N) is 1. The number of hydrogen-bond donors (Lipinski definition) is 0. The smallest absolute Gasteiger partial charge is 0.231 e. The maximum atomic E-state index is 13.1. The summed E-state index contributed by atoms with van der Waals surface area (Å²) in [5, 5.41) is 0. The Morgan fingerprint density at radius 1 is 0.885 bits per heavy atom. The van der Waals surface area contributed by atoms with Crippen LogP contribution in [0.15, 0.2) is 83.3 Å². The molecule has 0 atom stereocenters. The first kappa shape index (κ1) is 16.0. The van der Waals surface area contributed by atoms with E-state index in [-0.39, 0.29) is 5.78 Å². The molecule has 0 unspecified atom stereocenters. The van der Waals surface area contributed by atoms with Gasteiger partial charge in [-0.3, -0.25) is 4.79 Å². The summed E-state index contributed by atoms with van der Waals surface area (Å²) in [7, 11) is 0. The van der Waals surface area contributed by atoms with Crippen LogP contribution in [-0.2, 0) is 0 Å². The Balaban J connectivity index is 1.85. The lowest BCUT2D eigenvalue weighted by atomic mass is 10.0. The maximum Gasteiger partial charge on any atom is 0.231 e. The second-order valence-corrected chi connectivity index (χ2v) is 6.15. The lowest BCUT2D eigenvalue weighted by Gasteiger charge is -2.04. The molecule has 0 aliphatic rings. The van der Waals surface area contributed by atoms with Gasteiger partial charge in [-0.25, -0.2) is 4.98 Å². The highest BCUT2D eigenvalue weighted by atomic mass is 16.3. The van der Waals surface area contributed by atoms with Crippen LogP contribution in [0, 0.1) is 6.92 Å². The Morgan fingerprint density at radius 2 is 1.58 bits per heavy atom. The van der Waals surface area contributed by atoms with Crippen LogP contribution in [-0.4, -0.2) is 10.8 Å². The summed E-state index contributed by atoms with van der Waals surface area (Å²) in [5.74, 6) is 0.221. The van der Waals surface area contributed by atoms with Gasteiger partial charge in [0.1, 0.15) is 5.52 Å². The van der Waals surface area contributed by atoms with Crippen molar-refractivity contribution in [3.8, 4) is 0 Å². The van der Waals surface area contributed by atoms with E-state index >= 15 is 0 Å². The number of Topliss-reactive ketones (excluding diaryl/α,β-unsaturated/α-hetero) is 1. The number of hydrogen-bond acceptors (Lipinski definition) is 3. The van der Waals surface area contributed by atoms with Crippen molar-refractivity contribution >= 4 is 28.5 Å². The summed E-state index contributed by atoms with van der Waals surface area (Å²) >= 11 is 0. The van der Waals surface area contributed by atoms with E-state index in [1.54, 1.807) is 12.1 Å². The SMILES string of the molecule is Cc1ccc(/C=C(\C(=O)c2ccccc2)c2nc3ccccc3o2)cc1. The largest absolute Gasteiger partial charge is 0.436 e. The first-order chi connectivity index (χ1) is 12.7. The van der Waals surface area contributed by atoms with Crippen molar-refractivity contribution in [1.29, 1.82) is 0 Å². The van der Waals surface area contributed by atoms with Crippen LogP contribution < -0.4 is 0 Å². The predicted octanol–water partition coefficient (Wildman–Crippen LogP) is 5.56. The summed E-state index contributed by atoms with van der Waals surface area (Å²) in [6.45, 7) is 2.03. The quantitative estimate of drug-likeness (QED) is 0.361. The number of allylic oxidation sites excluding steroid dienone is 1. The minimum absolute atomic E-state index is 0.113. The fraction of sp³-hybridized carbons (Fsp3) is 0.0435. The molecule has 0 N–H and O–H groups in total. The van der Waals surface area contributed by atoms with E-state index in [0.29, 0.717) is 22.6 Å². The van der Waals surface area contributed by atoms with Crippen LogP contribution in [0.5, 0.6) is 0 Å². The van der Waals surface area contributed by atoms with E-state index in [1.165, 1.54) is 5.56 Å². The highest BCUT2D eigenvalue weighted by Crippen LogP contribution is 2.26. The molecule has 1 aromatic heterocycles. The van der Waals surface area contributed by atoms with Crippen molar-refractivity contribution in [2.45, 2.75) is 6.92 Å². The fourth-order valence-electron chi connectivity index (χ4n) is 2.79. The Labute approximate surface area is 151 Å². The number of carbonyl (C=O) groups is 1. The van der Waals surface area contributed by atoms with Crippen LogP contribution in [0.25, 0.3) is 22.7 Å². The van der Waals surface area contributed by atoms with Gasteiger partial charge in [0.15, 0.2) is 11.4 Å². The zero-order chi connectivity index (χ0) is 17.9. The monoisotopic (exact) mass is 339 g/mol. The molecule has 126 valence electrons. The number of oxazole rings is 1. The van der Waals surface area contributed by atoms with Crippen LogP contribution in [0.1, 0.15) is 27.4 Å². The standard InChI is InChI=1S/C23H17NO2/c1-16-11-13-17(14-12-16)15-19(22(25)18-7-3-2-4-8-18)23-24-20-9-5-6-10-21(20)26-23/h2-15H,1H3/b19-15+. The van der Waals surface area contributed by atoms with Gasteiger partial charge in [0.05, 0.1) is 5.57 Å². The Hall–Kier alpha value is -3.46. The predicted molar refractivity (Wildman–Crippen MR) is 104 cm³/mol. The van der Waals surface area contributed by atoms with Gasteiger partial charge in [0.2, 0.25) is 5.89 Å². The molecule has 0 spiro atoms. The molecule has 0 saturated heterocycles. The van der Waals surface area contributed by atoms with E-state index in [1.807, 2.05) is 79.7 Å². The zero-order valence-electron chi connectivity index (χ0n) is 14.3. The molecule has 0 amide bonds. The average molecular weight is 339 g/mol. The molecule has 0 aliphatic heterocycles. The lowest BCUT2D eigenvalue weighted by molar-refractivity contribution is 0.105. The van der Waals surface area contributed by atoms with E-state index in [9.17, 15) is 4.79 Å². The molecule has 0 fully saturated rings. The number of aromatic nitrogens is 1. The molecular formula is C23H17NO2. The number of aryl methyl sites for hydroxylation is 1. The number of rotatable bonds is 4. The number of carbonyl (C=O) groups excluding carboxylic acids is 1. The highest BCUT2D eigenvalue weighted by Gasteiger charge is 2.20. The van der Waals surface area contributed by atoms with Gasteiger partial charge in [-0.2, -0.15) is 0 Å². The summed E-state index contributed by atoms with van der Waals surface area (Å²) in [6.07, 6.45) is 1.83. The van der Waals surface area contributed by atoms with Gasteiger partial charge in [-0.1, -0.05) is 72.3 Å².